The Morgan fingerprint density at radius 3 is 2.59 bits per heavy atom. The first kappa shape index (κ1) is 16.3. The van der Waals surface area contributed by atoms with E-state index >= 15 is 0 Å². The molecule has 116 valence electrons. The maximum Gasteiger partial charge on any atom is 0.341 e. The molecule has 0 fully saturated rings. The first-order valence-electron chi connectivity index (χ1n) is 6.38. The van der Waals surface area contributed by atoms with Crippen LogP contribution in [0.25, 0.3) is 0 Å². The summed E-state index contributed by atoms with van der Waals surface area (Å²) in [7, 11) is 3.05. The number of ether oxygens (including phenoxy) is 3. The molecule has 0 heterocycles. The molecule has 0 aliphatic heterocycles. The van der Waals surface area contributed by atoms with Crippen LogP contribution in [0.4, 0.5) is 4.39 Å². The fourth-order valence-corrected chi connectivity index (χ4v) is 2.23. The maximum atomic E-state index is 13.6. The molecule has 0 atom stereocenters. The van der Waals surface area contributed by atoms with E-state index in [-0.39, 0.29) is 12.2 Å². The van der Waals surface area contributed by atoms with Crippen molar-refractivity contribution in [2.24, 2.45) is 0 Å². The molecule has 22 heavy (non-hydrogen) atoms. The van der Waals surface area contributed by atoms with Crippen LogP contribution < -0.4 is 9.47 Å². The number of hydrogen-bond acceptors (Lipinski definition) is 4. The van der Waals surface area contributed by atoms with Crippen LogP contribution in [-0.4, -0.2) is 20.2 Å². The molecule has 6 heteroatoms. The highest BCUT2D eigenvalue weighted by Crippen LogP contribution is 2.25. The molecule has 0 amide bonds. The van der Waals surface area contributed by atoms with Gasteiger partial charge in [-0.05, 0) is 36.4 Å². The molecule has 2 rings (SSSR count). The zero-order valence-electron chi connectivity index (χ0n) is 12.1. The predicted molar refractivity (Wildman–Crippen MR) is 82.8 cm³/mol. The Balaban J connectivity index is 2.15. The number of halogens is 2. The molecule has 0 bridgehead atoms. The third-order valence-corrected chi connectivity index (χ3v) is 3.49. The summed E-state index contributed by atoms with van der Waals surface area (Å²) in [5.74, 6) is -0.210. The zero-order chi connectivity index (χ0) is 16.1. The first-order valence-corrected chi connectivity index (χ1v) is 7.17. The second kappa shape index (κ2) is 7.26. The molecular weight excluding hydrogens is 355 g/mol. The van der Waals surface area contributed by atoms with Crippen LogP contribution in [0.1, 0.15) is 15.9 Å². The summed E-state index contributed by atoms with van der Waals surface area (Å²) in [4.78, 5) is 12.0. The molecule has 0 aromatic heterocycles. The molecule has 0 saturated heterocycles. The maximum absolute atomic E-state index is 13.6. The van der Waals surface area contributed by atoms with Gasteiger partial charge in [-0.3, -0.25) is 0 Å². The van der Waals surface area contributed by atoms with E-state index in [1.165, 1.54) is 32.4 Å². The number of hydrogen-bond donors (Lipinski definition) is 0. The SMILES string of the molecule is COc1ccc(OC)c(COC(=O)c2cc(Br)ccc2F)c1. The van der Waals surface area contributed by atoms with Gasteiger partial charge in [-0.25, -0.2) is 9.18 Å². The van der Waals surface area contributed by atoms with Crippen LogP contribution in [0.3, 0.4) is 0 Å². The molecule has 0 aliphatic rings. The lowest BCUT2D eigenvalue weighted by Gasteiger charge is -2.11. The van der Waals surface area contributed by atoms with Crippen molar-refractivity contribution < 1.29 is 23.4 Å². The van der Waals surface area contributed by atoms with E-state index < -0.39 is 11.8 Å². The van der Waals surface area contributed by atoms with Crippen molar-refractivity contribution in [3.05, 3.63) is 57.8 Å². The highest BCUT2D eigenvalue weighted by Gasteiger charge is 2.15. The molecule has 0 aliphatic carbocycles. The largest absolute Gasteiger partial charge is 0.497 e. The average molecular weight is 369 g/mol. The molecule has 0 radical (unpaired) electrons. The van der Waals surface area contributed by atoms with E-state index in [9.17, 15) is 9.18 Å². The predicted octanol–water partition coefficient (Wildman–Crippen LogP) is 3.96. The average Bonchev–Trinajstić information content (AvgIpc) is 2.54. The van der Waals surface area contributed by atoms with Gasteiger partial charge in [0, 0.05) is 10.0 Å². The molecule has 0 N–H and O–H groups in total. The van der Waals surface area contributed by atoms with Crippen molar-refractivity contribution in [1.29, 1.82) is 0 Å². The van der Waals surface area contributed by atoms with E-state index in [4.69, 9.17) is 14.2 Å². The summed E-state index contributed by atoms with van der Waals surface area (Å²) in [6, 6.07) is 9.23. The summed E-state index contributed by atoms with van der Waals surface area (Å²) >= 11 is 3.19. The molecule has 2 aromatic rings. The van der Waals surface area contributed by atoms with Crippen molar-refractivity contribution in [3.8, 4) is 11.5 Å². The molecule has 0 unspecified atom stereocenters. The van der Waals surface area contributed by atoms with Crippen LogP contribution in [0.15, 0.2) is 40.9 Å². The fourth-order valence-electron chi connectivity index (χ4n) is 1.87. The standard InChI is InChI=1S/C16H14BrFO4/c1-20-12-4-6-15(21-2)10(7-12)9-22-16(19)13-8-11(17)3-5-14(13)18/h3-8H,9H2,1-2H3. The summed E-state index contributed by atoms with van der Waals surface area (Å²) in [5.41, 5.74) is 0.502. The van der Waals surface area contributed by atoms with E-state index in [0.717, 1.165) is 0 Å². The van der Waals surface area contributed by atoms with Gasteiger partial charge in [0.2, 0.25) is 0 Å². The minimum absolute atomic E-state index is 0.0504. The van der Waals surface area contributed by atoms with Gasteiger partial charge in [-0.1, -0.05) is 15.9 Å². The van der Waals surface area contributed by atoms with Gasteiger partial charge < -0.3 is 14.2 Å². The highest BCUT2D eigenvalue weighted by molar-refractivity contribution is 9.10. The van der Waals surface area contributed by atoms with Gasteiger partial charge in [0.25, 0.3) is 0 Å². The van der Waals surface area contributed by atoms with Gasteiger partial charge in [-0.15, -0.1) is 0 Å². The monoisotopic (exact) mass is 368 g/mol. The van der Waals surface area contributed by atoms with Gasteiger partial charge in [-0.2, -0.15) is 0 Å². The summed E-state index contributed by atoms with van der Waals surface area (Å²) < 4.78 is 29.7. The van der Waals surface area contributed by atoms with Crippen molar-refractivity contribution in [2.45, 2.75) is 6.61 Å². The Kier molecular flexibility index (Phi) is 5.38. The number of benzene rings is 2. The van der Waals surface area contributed by atoms with E-state index in [0.29, 0.717) is 21.5 Å². The van der Waals surface area contributed by atoms with Gasteiger partial charge in [0.05, 0.1) is 19.8 Å². The Hall–Kier alpha value is -2.08. The summed E-state index contributed by atoms with van der Waals surface area (Å²) in [6.07, 6.45) is 0. The van der Waals surface area contributed by atoms with E-state index in [1.54, 1.807) is 18.2 Å². The van der Waals surface area contributed by atoms with Crippen LogP contribution in [-0.2, 0) is 11.3 Å². The van der Waals surface area contributed by atoms with E-state index in [2.05, 4.69) is 15.9 Å². The summed E-state index contributed by atoms with van der Waals surface area (Å²) in [5, 5.41) is 0. The number of esters is 1. The van der Waals surface area contributed by atoms with Gasteiger partial charge in [0.15, 0.2) is 0 Å². The highest BCUT2D eigenvalue weighted by atomic mass is 79.9. The van der Waals surface area contributed by atoms with Crippen LogP contribution in [0, 0.1) is 5.82 Å². The Labute approximate surface area is 135 Å². The quantitative estimate of drug-likeness (QED) is 0.749. The van der Waals surface area contributed by atoms with Crippen LogP contribution in [0.5, 0.6) is 11.5 Å². The molecule has 0 saturated carbocycles. The van der Waals surface area contributed by atoms with Crippen molar-refractivity contribution in [2.75, 3.05) is 14.2 Å². The Morgan fingerprint density at radius 1 is 1.14 bits per heavy atom. The Bertz CT molecular complexity index is 688. The molecule has 0 spiro atoms. The molecule has 4 nitrogen and oxygen atoms in total. The topological polar surface area (TPSA) is 44.8 Å². The first-order chi connectivity index (χ1) is 10.5. The second-order valence-electron chi connectivity index (χ2n) is 4.38. The normalized spacial score (nSPS) is 10.2. The smallest absolute Gasteiger partial charge is 0.341 e. The molecule has 2 aromatic carbocycles. The number of carbonyl (C=O) groups excluding carboxylic acids is 1. The van der Waals surface area contributed by atoms with Crippen molar-refractivity contribution in [3.63, 3.8) is 0 Å². The fraction of sp³-hybridized carbons (Fsp3) is 0.188. The van der Waals surface area contributed by atoms with Crippen LogP contribution >= 0.6 is 15.9 Å². The minimum Gasteiger partial charge on any atom is -0.497 e. The third-order valence-electron chi connectivity index (χ3n) is 2.99. The number of methoxy groups -OCH3 is 2. The lowest BCUT2D eigenvalue weighted by Crippen LogP contribution is -2.08. The number of carbonyl (C=O) groups is 1. The van der Waals surface area contributed by atoms with Gasteiger partial charge in [0.1, 0.15) is 23.9 Å². The van der Waals surface area contributed by atoms with Crippen molar-refractivity contribution in [1.82, 2.24) is 0 Å². The second-order valence-corrected chi connectivity index (χ2v) is 5.29. The third kappa shape index (κ3) is 3.76. The lowest BCUT2D eigenvalue weighted by molar-refractivity contribution is 0.0464. The number of rotatable bonds is 5. The Morgan fingerprint density at radius 2 is 1.91 bits per heavy atom. The minimum atomic E-state index is -0.747. The lowest BCUT2D eigenvalue weighted by atomic mass is 10.2. The zero-order valence-corrected chi connectivity index (χ0v) is 13.6. The summed E-state index contributed by atoms with van der Waals surface area (Å²) in [6.45, 7) is -0.0504. The molecular formula is C16H14BrFO4. The van der Waals surface area contributed by atoms with Gasteiger partial charge >= 0.3 is 5.97 Å². The van der Waals surface area contributed by atoms with Crippen LogP contribution in [0.2, 0.25) is 0 Å². The van der Waals surface area contributed by atoms with E-state index in [1.807, 2.05) is 0 Å². The van der Waals surface area contributed by atoms with Crippen molar-refractivity contribution >= 4 is 21.9 Å².